The van der Waals surface area contributed by atoms with Crippen LogP contribution in [0.5, 0.6) is 11.5 Å². The minimum atomic E-state index is 0.290. The fourth-order valence-corrected chi connectivity index (χ4v) is 2.73. The highest BCUT2D eigenvalue weighted by atomic mass is 16.5. The van der Waals surface area contributed by atoms with Gasteiger partial charge in [0, 0.05) is 19.1 Å². The van der Waals surface area contributed by atoms with E-state index in [9.17, 15) is 0 Å². The van der Waals surface area contributed by atoms with E-state index < -0.39 is 0 Å². The number of ether oxygens (including phenoxy) is 2. The predicted molar refractivity (Wildman–Crippen MR) is 72.3 cm³/mol. The van der Waals surface area contributed by atoms with E-state index in [1.54, 1.807) is 14.2 Å². The lowest BCUT2D eigenvalue weighted by molar-refractivity contribution is 0.199. The van der Waals surface area contributed by atoms with Crippen molar-refractivity contribution in [2.75, 3.05) is 33.9 Å². The predicted octanol–water partition coefficient (Wildman–Crippen LogP) is 1.58. The second-order valence-electron chi connectivity index (χ2n) is 4.54. The molecule has 0 aliphatic carbocycles. The average Bonchev–Trinajstić information content (AvgIpc) is 2.44. The monoisotopic (exact) mass is 250 g/mol. The van der Waals surface area contributed by atoms with Gasteiger partial charge in [0.25, 0.3) is 0 Å². The maximum atomic E-state index is 5.93. The van der Waals surface area contributed by atoms with Gasteiger partial charge in [-0.3, -0.25) is 4.90 Å². The largest absolute Gasteiger partial charge is 0.493 e. The van der Waals surface area contributed by atoms with Crippen molar-refractivity contribution in [2.24, 2.45) is 5.73 Å². The summed E-state index contributed by atoms with van der Waals surface area (Å²) in [5, 5.41) is 0. The minimum Gasteiger partial charge on any atom is -0.493 e. The van der Waals surface area contributed by atoms with Gasteiger partial charge in [-0.25, -0.2) is 0 Å². The molecule has 1 atom stereocenters. The lowest BCUT2D eigenvalue weighted by Crippen LogP contribution is -2.39. The highest BCUT2D eigenvalue weighted by Gasteiger charge is 2.26. The zero-order valence-electron chi connectivity index (χ0n) is 11.4. The molecule has 0 saturated heterocycles. The first-order valence-electron chi connectivity index (χ1n) is 6.44. The molecular weight excluding hydrogens is 228 g/mol. The lowest BCUT2D eigenvalue weighted by Gasteiger charge is -2.36. The first-order valence-corrected chi connectivity index (χ1v) is 6.44. The maximum absolute atomic E-state index is 5.93. The molecule has 1 heterocycles. The summed E-state index contributed by atoms with van der Waals surface area (Å²) in [6.07, 6.45) is 1.04. The molecule has 4 nitrogen and oxygen atoms in total. The van der Waals surface area contributed by atoms with Gasteiger partial charge >= 0.3 is 0 Å². The van der Waals surface area contributed by atoms with E-state index in [-0.39, 0.29) is 0 Å². The van der Waals surface area contributed by atoms with Gasteiger partial charge in [-0.05, 0) is 36.2 Å². The number of methoxy groups -OCH3 is 2. The summed E-state index contributed by atoms with van der Waals surface area (Å²) >= 11 is 0. The van der Waals surface area contributed by atoms with Gasteiger partial charge in [0.05, 0.1) is 14.2 Å². The first kappa shape index (κ1) is 13.2. The van der Waals surface area contributed by atoms with Gasteiger partial charge in [0.1, 0.15) is 0 Å². The third kappa shape index (κ3) is 2.18. The standard InChI is InChI=1S/C14H22N2O2/c1-4-16-6-5-10-7-13(17-2)14(18-3)8-11(10)12(16)9-15/h7-8,12H,4-6,9,15H2,1-3H3. The molecule has 0 fully saturated rings. The van der Waals surface area contributed by atoms with Crippen molar-refractivity contribution < 1.29 is 9.47 Å². The highest BCUT2D eigenvalue weighted by molar-refractivity contribution is 5.49. The van der Waals surface area contributed by atoms with Crippen molar-refractivity contribution >= 4 is 0 Å². The molecule has 0 spiro atoms. The Labute approximate surface area is 109 Å². The summed E-state index contributed by atoms with van der Waals surface area (Å²) < 4.78 is 10.7. The van der Waals surface area contributed by atoms with Gasteiger partial charge in [-0.1, -0.05) is 6.92 Å². The molecule has 1 aromatic carbocycles. The molecular formula is C14H22N2O2. The van der Waals surface area contributed by atoms with Gasteiger partial charge in [0.15, 0.2) is 11.5 Å². The van der Waals surface area contributed by atoms with Crippen molar-refractivity contribution in [1.29, 1.82) is 0 Å². The van der Waals surface area contributed by atoms with Gasteiger partial charge in [0.2, 0.25) is 0 Å². The number of benzene rings is 1. The number of nitrogens with two attached hydrogens (primary N) is 1. The summed E-state index contributed by atoms with van der Waals surface area (Å²) in [7, 11) is 3.34. The van der Waals surface area contributed by atoms with E-state index in [4.69, 9.17) is 15.2 Å². The van der Waals surface area contributed by atoms with Crippen molar-refractivity contribution in [3.8, 4) is 11.5 Å². The molecule has 1 aliphatic heterocycles. The molecule has 0 amide bonds. The zero-order valence-corrected chi connectivity index (χ0v) is 11.4. The van der Waals surface area contributed by atoms with E-state index in [2.05, 4.69) is 24.0 Å². The number of rotatable bonds is 4. The Balaban J connectivity index is 2.45. The third-order valence-corrected chi connectivity index (χ3v) is 3.74. The molecule has 0 bridgehead atoms. The second kappa shape index (κ2) is 5.59. The normalized spacial score (nSPS) is 19.4. The number of fused-ring (bicyclic) bond motifs is 1. The summed E-state index contributed by atoms with van der Waals surface area (Å²) in [6.45, 7) is 4.89. The molecule has 1 aromatic rings. The van der Waals surface area contributed by atoms with Gasteiger partial charge in [-0.2, -0.15) is 0 Å². The highest BCUT2D eigenvalue weighted by Crippen LogP contribution is 2.37. The Hall–Kier alpha value is -1.26. The van der Waals surface area contributed by atoms with Crippen molar-refractivity contribution in [3.63, 3.8) is 0 Å². The van der Waals surface area contributed by atoms with Crippen LogP contribution < -0.4 is 15.2 Å². The van der Waals surface area contributed by atoms with Crippen LogP contribution >= 0.6 is 0 Å². The summed E-state index contributed by atoms with van der Waals surface area (Å²) in [4.78, 5) is 2.41. The van der Waals surface area contributed by atoms with E-state index in [0.717, 1.165) is 31.0 Å². The topological polar surface area (TPSA) is 47.7 Å². The molecule has 18 heavy (non-hydrogen) atoms. The molecule has 0 saturated carbocycles. The Kier molecular flexibility index (Phi) is 4.09. The van der Waals surface area contributed by atoms with Crippen LogP contribution in [0.1, 0.15) is 24.1 Å². The molecule has 4 heteroatoms. The summed E-state index contributed by atoms with van der Waals surface area (Å²) in [6, 6.07) is 4.45. The van der Waals surface area contributed by atoms with Crippen LogP contribution in [-0.4, -0.2) is 38.8 Å². The smallest absolute Gasteiger partial charge is 0.161 e. The maximum Gasteiger partial charge on any atom is 0.161 e. The second-order valence-corrected chi connectivity index (χ2v) is 4.54. The van der Waals surface area contributed by atoms with Crippen LogP contribution in [0.2, 0.25) is 0 Å². The minimum absolute atomic E-state index is 0.290. The molecule has 1 aliphatic rings. The van der Waals surface area contributed by atoms with Gasteiger partial charge in [-0.15, -0.1) is 0 Å². The lowest BCUT2D eigenvalue weighted by atomic mass is 9.92. The van der Waals surface area contributed by atoms with Crippen molar-refractivity contribution in [1.82, 2.24) is 4.90 Å². The van der Waals surface area contributed by atoms with E-state index in [1.807, 2.05) is 0 Å². The van der Waals surface area contributed by atoms with E-state index in [0.29, 0.717) is 12.6 Å². The Bertz CT molecular complexity index is 421. The quantitative estimate of drug-likeness (QED) is 0.881. The van der Waals surface area contributed by atoms with Crippen LogP contribution in [0.3, 0.4) is 0 Å². The third-order valence-electron chi connectivity index (χ3n) is 3.74. The summed E-state index contributed by atoms with van der Waals surface area (Å²) in [5.74, 6) is 1.59. The molecule has 2 N–H and O–H groups in total. The Morgan fingerprint density at radius 3 is 2.50 bits per heavy atom. The van der Waals surface area contributed by atoms with Crippen LogP contribution in [0.4, 0.5) is 0 Å². The first-order chi connectivity index (χ1) is 8.74. The number of nitrogens with zero attached hydrogens (tertiary/aromatic N) is 1. The van der Waals surface area contributed by atoms with Crippen molar-refractivity contribution in [3.05, 3.63) is 23.3 Å². The van der Waals surface area contributed by atoms with Crippen LogP contribution in [0.25, 0.3) is 0 Å². The van der Waals surface area contributed by atoms with Crippen molar-refractivity contribution in [2.45, 2.75) is 19.4 Å². The Morgan fingerprint density at radius 2 is 1.94 bits per heavy atom. The molecule has 0 radical (unpaired) electrons. The number of hydrogen-bond donors (Lipinski definition) is 1. The fourth-order valence-electron chi connectivity index (χ4n) is 2.73. The number of likely N-dealkylation sites (N-methyl/N-ethyl adjacent to an activating group) is 1. The van der Waals surface area contributed by atoms with E-state index >= 15 is 0 Å². The molecule has 0 aromatic heterocycles. The molecule has 100 valence electrons. The zero-order chi connectivity index (χ0) is 13.1. The summed E-state index contributed by atoms with van der Waals surface area (Å²) in [5.41, 5.74) is 8.54. The molecule has 2 rings (SSSR count). The van der Waals surface area contributed by atoms with Crippen LogP contribution in [0.15, 0.2) is 12.1 Å². The van der Waals surface area contributed by atoms with Crippen LogP contribution in [0, 0.1) is 0 Å². The van der Waals surface area contributed by atoms with Gasteiger partial charge < -0.3 is 15.2 Å². The number of hydrogen-bond acceptors (Lipinski definition) is 4. The van der Waals surface area contributed by atoms with Crippen LogP contribution in [-0.2, 0) is 6.42 Å². The van der Waals surface area contributed by atoms with E-state index in [1.165, 1.54) is 11.1 Å². The molecule has 1 unspecified atom stereocenters. The SMILES string of the molecule is CCN1CCc2cc(OC)c(OC)cc2C1CN. The Morgan fingerprint density at radius 1 is 1.28 bits per heavy atom. The average molecular weight is 250 g/mol. The fraction of sp³-hybridized carbons (Fsp3) is 0.571.